The quantitative estimate of drug-likeness (QED) is 0.887. The molecule has 4 heteroatoms. The van der Waals surface area contributed by atoms with E-state index in [2.05, 4.69) is 21.0 Å². The number of hydrogen-bond donors (Lipinski definition) is 1. The van der Waals surface area contributed by atoms with E-state index in [-0.39, 0.29) is 5.92 Å². The van der Waals surface area contributed by atoms with Gasteiger partial charge in [-0.25, -0.2) is 0 Å². The summed E-state index contributed by atoms with van der Waals surface area (Å²) in [5.74, 6) is 0.218. The van der Waals surface area contributed by atoms with Crippen molar-refractivity contribution in [1.82, 2.24) is 9.78 Å². The minimum absolute atomic E-state index is 0.218. The zero-order valence-corrected chi connectivity index (χ0v) is 9.74. The molecule has 0 aromatic carbocycles. The summed E-state index contributed by atoms with van der Waals surface area (Å²) in [4.78, 5) is 0. The van der Waals surface area contributed by atoms with Crippen molar-refractivity contribution in [2.24, 2.45) is 5.92 Å². The van der Waals surface area contributed by atoms with Gasteiger partial charge >= 0.3 is 0 Å². The molecule has 0 aliphatic rings. The largest absolute Gasteiger partial charge is 0.388 e. The van der Waals surface area contributed by atoms with Crippen LogP contribution in [-0.4, -0.2) is 20.5 Å². The maximum atomic E-state index is 9.98. The molecule has 1 rings (SSSR count). The van der Waals surface area contributed by atoms with Gasteiger partial charge in [-0.05, 0) is 28.8 Å². The molecule has 0 saturated carbocycles. The molecule has 0 spiro atoms. The van der Waals surface area contributed by atoms with Crippen molar-refractivity contribution in [2.45, 2.75) is 32.9 Å². The summed E-state index contributed by atoms with van der Waals surface area (Å²) < 4.78 is 2.68. The molecule has 0 bridgehead atoms. The number of nitrogens with zero attached hydrogens (tertiary/aromatic N) is 2. The molecule has 0 aliphatic heterocycles. The van der Waals surface area contributed by atoms with E-state index in [9.17, 15) is 5.11 Å². The highest BCUT2D eigenvalue weighted by Gasteiger charge is 2.25. The molecule has 1 aromatic rings. The fourth-order valence-electron chi connectivity index (χ4n) is 0.935. The summed E-state index contributed by atoms with van der Waals surface area (Å²) >= 11 is 3.31. The Hall–Kier alpha value is -0.350. The van der Waals surface area contributed by atoms with Crippen LogP contribution < -0.4 is 0 Å². The van der Waals surface area contributed by atoms with Gasteiger partial charge in [-0.2, -0.15) is 5.10 Å². The third-order valence-corrected chi connectivity index (χ3v) is 2.74. The Labute approximate surface area is 86.9 Å². The molecular formula is C9H15BrN2O. The van der Waals surface area contributed by atoms with E-state index in [1.54, 1.807) is 10.9 Å². The lowest BCUT2D eigenvalue weighted by Gasteiger charge is -2.27. The predicted molar refractivity (Wildman–Crippen MR) is 55.4 cm³/mol. The van der Waals surface area contributed by atoms with Gasteiger partial charge in [0.15, 0.2) is 0 Å². The van der Waals surface area contributed by atoms with E-state index < -0.39 is 5.60 Å². The van der Waals surface area contributed by atoms with Gasteiger partial charge in [0, 0.05) is 6.20 Å². The average molecular weight is 247 g/mol. The van der Waals surface area contributed by atoms with Gasteiger partial charge in [0.2, 0.25) is 0 Å². The molecule has 0 aliphatic carbocycles. The van der Waals surface area contributed by atoms with Gasteiger partial charge in [0.1, 0.15) is 0 Å². The summed E-state index contributed by atoms with van der Waals surface area (Å²) in [5.41, 5.74) is -0.703. The molecule has 1 heterocycles. The third-order valence-electron chi connectivity index (χ3n) is 2.33. The topological polar surface area (TPSA) is 38.0 Å². The molecular weight excluding hydrogens is 232 g/mol. The van der Waals surface area contributed by atoms with E-state index in [1.165, 1.54) is 0 Å². The van der Waals surface area contributed by atoms with Crippen LogP contribution in [0.3, 0.4) is 0 Å². The lowest BCUT2D eigenvalue weighted by molar-refractivity contribution is -0.00568. The summed E-state index contributed by atoms with van der Waals surface area (Å²) in [6, 6.07) is 0. The molecule has 74 valence electrons. The van der Waals surface area contributed by atoms with Crippen LogP contribution in [-0.2, 0) is 6.54 Å². The molecule has 1 aromatic heterocycles. The van der Waals surface area contributed by atoms with Gasteiger partial charge < -0.3 is 5.11 Å². The first-order chi connectivity index (χ1) is 5.92. The Morgan fingerprint density at radius 2 is 2.31 bits per heavy atom. The van der Waals surface area contributed by atoms with Crippen molar-refractivity contribution in [3.05, 3.63) is 16.9 Å². The SMILES string of the molecule is CC(C)C(C)(O)Cn1cc(Br)cn1. The first-order valence-corrected chi connectivity index (χ1v) is 5.11. The summed E-state index contributed by atoms with van der Waals surface area (Å²) in [6.07, 6.45) is 3.58. The zero-order chi connectivity index (χ0) is 10.1. The van der Waals surface area contributed by atoms with Crippen molar-refractivity contribution in [1.29, 1.82) is 0 Å². The molecule has 3 nitrogen and oxygen atoms in total. The van der Waals surface area contributed by atoms with E-state index in [0.717, 1.165) is 4.47 Å². The number of aliphatic hydroxyl groups is 1. The normalized spacial score (nSPS) is 16.2. The van der Waals surface area contributed by atoms with Crippen molar-refractivity contribution >= 4 is 15.9 Å². The van der Waals surface area contributed by atoms with Gasteiger partial charge in [-0.3, -0.25) is 4.68 Å². The molecule has 0 fully saturated rings. The van der Waals surface area contributed by atoms with Crippen LogP contribution in [0.4, 0.5) is 0 Å². The second-order valence-electron chi connectivity index (χ2n) is 3.87. The molecule has 1 unspecified atom stereocenters. The van der Waals surface area contributed by atoms with Crippen molar-refractivity contribution < 1.29 is 5.11 Å². The van der Waals surface area contributed by atoms with E-state index >= 15 is 0 Å². The lowest BCUT2D eigenvalue weighted by atomic mass is 9.93. The van der Waals surface area contributed by atoms with Crippen LogP contribution in [0, 0.1) is 5.92 Å². The second kappa shape index (κ2) is 3.80. The Kier molecular flexibility index (Phi) is 3.14. The summed E-state index contributed by atoms with van der Waals surface area (Å²) in [5, 5.41) is 14.1. The Balaban J connectivity index is 2.68. The molecule has 1 atom stereocenters. The second-order valence-corrected chi connectivity index (χ2v) is 4.78. The van der Waals surface area contributed by atoms with Crippen LogP contribution in [0.25, 0.3) is 0 Å². The maximum absolute atomic E-state index is 9.98. The Morgan fingerprint density at radius 3 is 2.69 bits per heavy atom. The highest BCUT2D eigenvalue weighted by atomic mass is 79.9. The van der Waals surface area contributed by atoms with E-state index in [0.29, 0.717) is 6.54 Å². The zero-order valence-electron chi connectivity index (χ0n) is 8.16. The molecule has 0 amide bonds. The van der Waals surface area contributed by atoms with Crippen LogP contribution in [0.5, 0.6) is 0 Å². The predicted octanol–water partition coefficient (Wildman–Crippen LogP) is 2.05. The molecule has 0 radical (unpaired) electrons. The maximum Gasteiger partial charge on any atom is 0.0837 e. The summed E-state index contributed by atoms with van der Waals surface area (Å²) in [7, 11) is 0. The van der Waals surface area contributed by atoms with Gasteiger partial charge in [0.05, 0.1) is 22.8 Å². The minimum atomic E-state index is -0.703. The number of aromatic nitrogens is 2. The van der Waals surface area contributed by atoms with Crippen LogP contribution in [0.2, 0.25) is 0 Å². The smallest absolute Gasteiger partial charge is 0.0837 e. The van der Waals surface area contributed by atoms with Crippen LogP contribution in [0.1, 0.15) is 20.8 Å². The third kappa shape index (κ3) is 2.81. The van der Waals surface area contributed by atoms with Crippen LogP contribution in [0.15, 0.2) is 16.9 Å². The molecule has 13 heavy (non-hydrogen) atoms. The fraction of sp³-hybridized carbons (Fsp3) is 0.667. The van der Waals surface area contributed by atoms with Gasteiger partial charge in [-0.15, -0.1) is 0 Å². The highest BCUT2D eigenvalue weighted by molar-refractivity contribution is 9.10. The number of halogens is 1. The monoisotopic (exact) mass is 246 g/mol. The standard InChI is InChI=1S/C9H15BrN2O/c1-7(2)9(3,13)6-12-5-8(10)4-11-12/h4-5,7,13H,6H2,1-3H3. The Morgan fingerprint density at radius 1 is 1.69 bits per heavy atom. The Bertz CT molecular complexity index is 281. The molecule has 1 N–H and O–H groups in total. The fourth-order valence-corrected chi connectivity index (χ4v) is 1.26. The minimum Gasteiger partial charge on any atom is -0.388 e. The van der Waals surface area contributed by atoms with Crippen molar-refractivity contribution in [3.63, 3.8) is 0 Å². The van der Waals surface area contributed by atoms with Gasteiger partial charge in [-0.1, -0.05) is 13.8 Å². The molecule has 0 saturated heterocycles. The van der Waals surface area contributed by atoms with E-state index in [4.69, 9.17) is 0 Å². The van der Waals surface area contributed by atoms with Crippen molar-refractivity contribution in [2.75, 3.05) is 0 Å². The number of hydrogen-bond acceptors (Lipinski definition) is 2. The lowest BCUT2D eigenvalue weighted by Crippen LogP contribution is -2.36. The highest BCUT2D eigenvalue weighted by Crippen LogP contribution is 2.18. The first kappa shape index (κ1) is 10.7. The summed E-state index contributed by atoms with van der Waals surface area (Å²) in [6.45, 7) is 6.35. The van der Waals surface area contributed by atoms with E-state index in [1.807, 2.05) is 27.0 Å². The van der Waals surface area contributed by atoms with Crippen LogP contribution >= 0.6 is 15.9 Å². The number of rotatable bonds is 3. The average Bonchev–Trinajstić information content (AvgIpc) is 2.34. The van der Waals surface area contributed by atoms with Crippen molar-refractivity contribution in [3.8, 4) is 0 Å². The first-order valence-electron chi connectivity index (χ1n) is 4.32. The van der Waals surface area contributed by atoms with Gasteiger partial charge in [0.25, 0.3) is 0 Å².